The normalized spacial score (nSPS) is 17.0. The van der Waals surface area contributed by atoms with E-state index >= 15 is 26.3 Å². The average molecular weight is 659 g/mol. The number of benzene rings is 6. The summed E-state index contributed by atoms with van der Waals surface area (Å²) in [5.74, 6) is 0. The van der Waals surface area contributed by atoms with Gasteiger partial charge in [0.05, 0.1) is 0 Å². The second-order valence-electron chi connectivity index (χ2n) is 13.5. The number of hydrogen-bond acceptors (Lipinski definition) is 0. The van der Waals surface area contributed by atoms with Crippen LogP contribution >= 0.6 is 0 Å². The average Bonchev–Trinajstić information content (AvgIpc) is 3.67. The Balaban J connectivity index is 1.42. The van der Waals surface area contributed by atoms with Crippen molar-refractivity contribution in [2.45, 2.75) is 41.4 Å². The van der Waals surface area contributed by atoms with Gasteiger partial charge in [-0.25, -0.2) is 0 Å². The summed E-state index contributed by atoms with van der Waals surface area (Å²) in [6.45, 7) is 0. The van der Waals surface area contributed by atoms with Gasteiger partial charge in [-0.3, -0.25) is 0 Å². The number of hydrogen-bond donors (Lipinski definition) is 0. The van der Waals surface area contributed by atoms with Gasteiger partial charge >= 0.3 is 12.4 Å². The Morgan fingerprint density at radius 3 is 0.755 bits per heavy atom. The molecule has 0 bridgehead atoms. The third-order valence-electron chi connectivity index (χ3n) is 11.4. The SMILES string of the molecule is FC(F)(F)C1(CC2(CC3(C(F)(F)F)c4ccccc4-c4ccccc43)c3ccccc3-c3ccccc32)c2ccccc2-c2ccccc21. The first-order valence-corrected chi connectivity index (χ1v) is 16.3. The highest BCUT2D eigenvalue weighted by Gasteiger charge is 2.69. The second-order valence-corrected chi connectivity index (χ2v) is 13.5. The number of alkyl halides is 6. The minimum absolute atomic E-state index is 0.0678. The van der Waals surface area contributed by atoms with Gasteiger partial charge in [0.25, 0.3) is 0 Å². The fraction of sp³-hybridized carbons (Fsp3) is 0.163. The van der Waals surface area contributed by atoms with Crippen LogP contribution in [-0.2, 0) is 16.2 Å². The summed E-state index contributed by atoms with van der Waals surface area (Å²) in [7, 11) is 0. The van der Waals surface area contributed by atoms with Gasteiger partial charge < -0.3 is 0 Å². The number of rotatable bonds is 4. The number of halogens is 6. The van der Waals surface area contributed by atoms with E-state index in [9.17, 15) is 0 Å². The third kappa shape index (κ3) is 3.72. The monoisotopic (exact) mass is 658 g/mol. The summed E-state index contributed by atoms with van der Waals surface area (Å²) in [5, 5.41) is 0. The molecule has 0 fully saturated rings. The molecule has 0 spiro atoms. The molecule has 6 aromatic carbocycles. The van der Waals surface area contributed by atoms with Crippen molar-refractivity contribution < 1.29 is 26.3 Å². The lowest BCUT2D eigenvalue weighted by molar-refractivity contribution is -0.191. The van der Waals surface area contributed by atoms with E-state index in [0.29, 0.717) is 44.5 Å². The van der Waals surface area contributed by atoms with Crippen LogP contribution in [0.25, 0.3) is 33.4 Å². The lowest BCUT2D eigenvalue weighted by Gasteiger charge is -2.48. The van der Waals surface area contributed by atoms with Gasteiger partial charge in [-0.1, -0.05) is 146 Å². The predicted octanol–water partition coefficient (Wildman–Crippen LogP) is 11.8. The van der Waals surface area contributed by atoms with E-state index in [1.165, 1.54) is 24.3 Å². The van der Waals surface area contributed by atoms with Crippen LogP contribution in [0.4, 0.5) is 26.3 Å². The van der Waals surface area contributed by atoms with Crippen molar-refractivity contribution in [1.82, 2.24) is 0 Å². The van der Waals surface area contributed by atoms with Crippen molar-refractivity contribution >= 4 is 0 Å². The molecule has 0 nitrogen and oxygen atoms in total. The van der Waals surface area contributed by atoms with Crippen molar-refractivity contribution in [2.24, 2.45) is 0 Å². The largest absolute Gasteiger partial charge is 0.402 e. The summed E-state index contributed by atoms with van der Waals surface area (Å²) in [5.41, 5.74) is -2.58. The highest BCUT2D eigenvalue weighted by Crippen LogP contribution is 2.69. The molecule has 6 heteroatoms. The van der Waals surface area contributed by atoms with E-state index in [0.717, 1.165) is 0 Å². The highest BCUT2D eigenvalue weighted by atomic mass is 19.4. The van der Waals surface area contributed by atoms with Crippen LogP contribution < -0.4 is 0 Å². The Bertz CT molecular complexity index is 2040. The second kappa shape index (κ2) is 9.97. The third-order valence-corrected chi connectivity index (χ3v) is 11.4. The van der Waals surface area contributed by atoms with Crippen LogP contribution in [0.2, 0.25) is 0 Å². The Morgan fingerprint density at radius 2 is 0.510 bits per heavy atom. The van der Waals surface area contributed by atoms with Gasteiger partial charge in [0.15, 0.2) is 0 Å². The molecule has 3 aliphatic carbocycles. The fourth-order valence-corrected chi connectivity index (χ4v) is 9.61. The molecule has 0 radical (unpaired) electrons. The minimum Gasteiger partial charge on any atom is -0.170 e. The zero-order chi connectivity index (χ0) is 33.8. The Kier molecular flexibility index (Phi) is 6.11. The molecule has 0 aliphatic heterocycles. The Morgan fingerprint density at radius 1 is 0.306 bits per heavy atom. The zero-order valence-corrected chi connectivity index (χ0v) is 26.0. The summed E-state index contributed by atoms with van der Waals surface area (Å²) in [6.07, 6.45) is -11.0. The Labute approximate surface area is 279 Å². The van der Waals surface area contributed by atoms with Crippen LogP contribution in [0.3, 0.4) is 0 Å². The molecule has 242 valence electrons. The fourth-order valence-electron chi connectivity index (χ4n) is 9.61. The maximum atomic E-state index is 16.4. The van der Waals surface area contributed by atoms with Crippen molar-refractivity contribution in [3.63, 3.8) is 0 Å². The zero-order valence-electron chi connectivity index (χ0n) is 26.0. The topological polar surface area (TPSA) is 0 Å². The molecule has 0 N–H and O–H groups in total. The minimum atomic E-state index is -4.86. The lowest BCUT2D eigenvalue weighted by atomic mass is 9.56. The molecule has 0 aromatic heterocycles. The molecule has 0 saturated heterocycles. The van der Waals surface area contributed by atoms with E-state index < -0.39 is 41.4 Å². The van der Waals surface area contributed by atoms with E-state index in [4.69, 9.17) is 0 Å². The van der Waals surface area contributed by atoms with Crippen molar-refractivity contribution in [2.75, 3.05) is 0 Å². The molecule has 9 rings (SSSR count). The van der Waals surface area contributed by atoms with E-state index in [-0.39, 0.29) is 22.3 Å². The number of fused-ring (bicyclic) bond motifs is 9. The molecule has 6 aromatic rings. The van der Waals surface area contributed by atoms with Crippen LogP contribution in [0.5, 0.6) is 0 Å². The maximum Gasteiger partial charge on any atom is 0.402 e. The predicted molar refractivity (Wildman–Crippen MR) is 179 cm³/mol. The Hall–Kier alpha value is -5.10. The summed E-state index contributed by atoms with van der Waals surface area (Å²) >= 11 is 0. The maximum absolute atomic E-state index is 16.4. The van der Waals surface area contributed by atoms with Gasteiger partial charge in [-0.2, -0.15) is 26.3 Å². The van der Waals surface area contributed by atoms with Gasteiger partial charge in [0.1, 0.15) is 10.8 Å². The van der Waals surface area contributed by atoms with E-state index in [1.54, 1.807) is 109 Å². The van der Waals surface area contributed by atoms with Crippen LogP contribution in [0.15, 0.2) is 146 Å². The quantitative estimate of drug-likeness (QED) is 0.165. The first kappa shape index (κ1) is 30.0. The molecule has 0 unspecified atom stereocenters. The van der Waals surface area contributed by atoms with Crippen LogP contribution in [-0.4, -0.2) is 12.4 Å². The van der Waals surface area contributed by atoms with Gasteiger partial charge in [0, 0.05) is 5.41 Å². The molecular formula is C43H28F6. The van der Waals surface area contributed by atoms with Crippen LogP contribution in [0, 0.1) is 0 Å². The van der Waals surface area contributed by atoms with Gasteiger partial charge in [-0.05, 0) is 79.6 Å². The molecule has 3 aliphatic rings. The molecular weight excluding hydrogens is 630 g/mol. The summed E-state index contributed by atoms with van der Waals surface area (Å²) < 4.78 is 98.7. The molecule has 0 saturated carbocycles. The van der Waals surface area contributed by atoms with Gasteiger partial charge in [-0.15, -0.1) is 0 Å². The van der Waals surface area contributed by atoms with Crippen LogP contribution in [0.1, 0.15) is 46.2 Å². The molecule has 0 amide bonds. The lowest BCUT2D eigenvalue weighted by Crippen LogP contribution is -2.52. The van der Waals surface area contributed by atoms with Crippen molar-refractivity contribution in [3.8, 4) is 33.4 Å². The first-order valence-electron chi connectivity index (χ1n) is 16.3. The van der Waals surface area contributed by atoms with E-state index in [2.05, 4.69) is 0 Å². The van der Waals surface area contributed by atoms with Crippen molar-refractivity contribution in [1.29, 1.82) is 0 Å². The smallest absolute Gasteiger partial charge is 0.170 e. The first-order chi connectivity index (χ1) is 23.5. The van der Waals surface area contributed by atoms with Gasteiger partial charge in [0.2, 0.25) is 0 Å². The highest BCUT2D eigenvalue weighted by molar-refractivity contribution is 5.86. The molecule has 0 heterocycles. The standard InChI is InChI=1S/C43H28F6/c44-42(45,46)40(35-21-9-3-15-29(35)30-16-4-10-22-36(30)40)25-39(33-19-7-1-13-27(33)28-14-2-8-20-34(28)39)26-41(43(47,48)49)37-23-11-5-17-31(37)32-18-6-12-24-38(32)41/h1-24H,25-26H2. The summed E-state index contributed by atoms with van der Waals surface area (Å²) in [6, 6.07) is 40.1. The molecule has 49 heavy (non-hydrogen) atoms. The molecule has 0 atom stereocenters. The van der Waals surface area contributed by atoms with Crippen molar-refractivity contribution in [3.05, 3.63) is 179 Å². The summed E-state index contributed by atoms with van der Waals surface area (Å²) in [4.78, 5) is 0. The van der Waals surface area contributed by atoms with E-state index in [1.807, 2.05) is 12.1 Å².